The standard InChI is InChI=1S/C28H44N2O2S/c1-3-5-7-9-21-31-26-19-17-25(18-20-26)27-29-30-28(33-27)32-22-10-12-24-15-13-23(14-16-24)11-8-6-4-2/h17-20,23-24H,3-16,21-22H2,1-2H3. The fourth-order valence-corrected chi connectivity index (χ4v) is 5.55. The molecule has 0 aliphatic heterocycles. The summed E-state index contributed by atoms with van der Waals surface area (Å²) in [7, 11) is 0. The van der Waals surface area contributed by atoms with E-state index < -0.39 is 0 Å². The topological polar surface area (TPSA) is 44.2 Å². The summed E-state index contributed by atoms with van der Waals surface area (Å²) in [6, 6.07) is 8.17. The Morgan fingerprint density at radius 2 is 1.36 bits per heavy atom. The van der Waals surface area contributed by atoms with Gasteiger partial charge >= 0.3 is 0 Å². The van der Waals surface area contributed by atoms with Gasteiger partial charge in [-0.3, -0.25) is 0 Å². The third kappa shape index (κ3) is 9.64. The first-order chi connectivity index (χ1) is 16.3. The van der Waals surface area contributed by atoms with Gasteiger partial charge in [0.25, 0.3) is 5.19 Å². The van der Waals surface area contributed by atoms with Crippen LogP contribution in [-0.4, -0.2) is 23.4 Å². The molecule has 0 N–H and O–H groups in total. The Labute approximate surface area is 205 Å². The summed E-state index contributed by atoms with van der Waals surface area (Å²) in [5, 5.41) is 10.1. The van der Waals surface area contributed by atoms with Gasteiger partial charge in [-0.25, -0.2) is 0 Å². The van der Waals surface area contributed by atoms with Crippen molar-refractivity contribution in [2.75, 3.05) is 13.2 Å². The molecule has 1 aromatic carbocycles. The Bertz CT molecular complexity index is 754. The van der Waals surface area contributed by atoms with Crippen LogP contribution in [-0.2, 0) is 0 Å². The lowest BCUT2D eigenvalue weighted by Crippen LogP contribution is -2.15. The molecule has 33 heavy (non-hydrogen) atoms. The van der Waals surface area contributed by atoms with Crippen LogP contribution in [0.3, 0.4) is 0 Å². The SMILES string of the molecule is CCCCCCOc1ccc(-c2nnc(OCCCC3CCC(CCCCC)CC3)s2)cc1. The third-order valence-electron chi connectivity index (χ3n) is 6.94. The molecule has 0 spiro atoms. The lowest BCUT2D eigenvalue weighted by atomic mass is 9.78. The van der Waals surface area contributed by atoms with Crippen molar-refractivity contribution in [1.82, 2.24) is 10.2 Å². The number of unbranched alkanes of at least 4 members (excludes halogenated alkanes) is 5. The molecule has 0 atom stereocenters. The van der Waals surface area contributed by atoms with Crippen LogP contribution in [0.5, 0.6) is 10.9 Å². The zero-order valence-electron chi connectivity index (χ0n) is 20.9. The van der Waals surface area contributed by atoms with Gasteiger partial charge in [-0.2, -0.15) is 0 Å². The summed E-state index contributed by atoms with van der Waals surface area (Å²) in [5.41, 5.74) is 1.07. The van der Waals surface area contributed by atoms with E-state index in [4.69, 9.17) is 9.47 Å². The highest BCUT2D eigenvalue weighted by atomic mass is 32.1. The Kier molecular flexibility index (Phi) is 12.1. The minimum Gasteiger partial charge on any atom is -0.494 e. The van der Waals surface area contributed by atoms with Crippen LogP contribution in [0.2, 0.25) is 0 Å². The highest BCUT2D eigenvalue weighted by molar-refractivity contribution is 7.16. The van der Waals surface area contributed by atoms with Crippen molar-refractivity contribution in [3.8, 4) is 21.5 Å². The predicted molar refractivity (Wildman–Crippen MR) is 139 cm³/mol. The highest BCUT2D eigenvalue weighted by Crippen LogP contribution is 2.34. The number of nitrogens with zero attached hydrogens (tertiary/aromatic N) is 2. The molecule has 1 fully saturated rings. The molecule has 0 saturated heterocycles. The van der Waals surface area contributed by atoms with E-state index in [2.05, 4.69) is 36.2 Å². The fraction of sp³-hybridized carbons (Fsp3) is 0.714. The normalized spacial score (nSPS) is 18.4. The second kappa shape index (κ2) is 15.3. The van der Waals surface area contributed by atoms with Crippen molar-refractivity contribution in [2.24, 2.45) is 11.8 Å². The van der Waals surface area contributed by atoms with Gasteiger partial charge in [-0.1, -0.05) is 101 Å². The quantitative estimate of drug-likeness (QED) is 0.229. The van der Waals surface area contributed by atoms with E-state index in [-0.39, 0.29) is 0 Å². The molecule has 5 heteroatoms. The zero-order valence-corrected chi connectivity index (χ0v) is 21.7. The molecule has 0 radical (unpaired) electrons. The van der Waals surface area contributed by atoms with Gasteiger partial charge in [0.2, 0.25) is 0 Å². The second-order valence-electron chi connectivity index (χ2n) is 9.68. The molecule has 184 valence electrons. The average molecular weight is 473 g/mol. The van der Waals surface area contributed by atoms with Crippen LogP contribution < -0.4 is 9.47 Å². The van der Waals surface area contributed by atoms with Crippen molar-refractivity contribution in [3.05, 3.63) is 24.3 Å². The molecule has 1 aromatic heterocycles. The van der Waals surface area contributed by atoms with Crippen LogP contribution in [0.4, 0.5) is 0 Å². The summed E-state index contributed by atoms with van der Waals surface area (Å²) in [6.07, 6.45) is 18.6. The van der Waals surface area contributed by atoms with Crippen molar-refractivity contribution in [3.63, 3.8) is 0 Å². The van der Waals surface area contributed by atoms with E-state index in [0.29, 0.717) is 5.19 Å². The van der Waals surface area contributed by atoms with Crippen LogP contribution in [0.1, 0.15) is 104 Å². The maximum Gasteiger partial charge on any atom is 0.294 e. The van der Waals surface area contributed by atoms with E-state index >= 15 is 0 Å². The Balaban J connectivity index is 1.30. The molecule has 1 saturated carbocycles. The number of hydrogen-bond acceptors (Lipinski definition) is 5. The third-order valence-corrected chi connectivity index (χ3v) is 7.82. The van der Waals surface area contributed by atoms with Crippen LogP contribution in [0.25, 0.3) is 10.6 Å². The number of aromatic nitrogens is 2. The van der Waals surface area contributed by atoms with Crippen molar-refractivity contribution in [2.45, 2.75) is 104 Å². The summed E-state index contributed by atoms with van der Waals surface area (Å²) >= 11 is 1.53. The van der Waals surface area contributed by atoms with Gasteiger partial charge in [0, 0.05) is 5.56 Å². The molecular formula is C28H44N2O2S. The largest absolute Gasteiger partial charge is 0.494 e. The van der Waals surface area contributed by atoms with Gasteiger partial charge in [0.15, 0.2) is 5.01 Å². The second-order valence-corrected chi connectivity index (χ2v) is 10.6. The van der Waals surface area contributed by atoms with E-state index in [1.165, 1.54) is 88.4 Å². The fourth-order valence-electron chi connectivity index (χ4n) is 4.82. The highest BCUT2D eigenvalue weighted by Gasteiger charge is 2.20. The molecule has 1 heterocycles. The Morgan fingerprint density at radius 1 is 0.727 bits per heavy atom. The van der Waals surface area contributed by atoms with Crippen molar-refractivity contribution >= 4 is 11.3 Å². The number of rotatable bonds is 16. The molecule has 3 rings (SSSR count). The minimum atomic E-state index is 0.681. The molecular weight excluding hydrogens is 428 g/mol. The molecule has 0 bridgehead atoms. The van der Waals surface area contributed by atoms with Crippen LogP contribution in [0.15, 0.2) is 24.3 Å². The first-order valence-electron chi connectivity index (χ1n) is 13.5. The maximum atomic E-state index is 5.92. The van der Waals surface area contributed by atoms with Crippen LogP contribution in [0, 0.1) is 11.8 Å². The lowest BCUT2D eigenvalue weighted by molar-refractivity contribution is 0.227. The smallest absolute Gasteiger partial charge is 0.294 e. The average Bonchev–Trinajstić information content (AvgIpc) is 3.32. The first-order valence-corrected chi connectivity index (χ1v) is 14.3. The van der Waals surface area contributed by atoms with Gasteiger partial charge in [-0.15, -0.1) is 5.10 Å². The van der Waals surface area contributed by atoms with Crippen molar-refractivity contribution < 1.29 is 9.47 Å². The van der Waals surface area contributed by atoms with Gasteiger partial charge in [0.05, 0.1) is 13.2 Å². The first kappa shape index (κ1) is 26.0. The van der Waals surface area contributed by atoms with Gasteiger partial charge < -0.3 is 9.47 Å². The minimum absolute atomic E-state index is 0.681. The predicted octanol–water partition coefficient (Wildman–Crippen LogP) is 8.71. The Morgan fingerprint density at radius 3 is 2.06 bits per heavy atom. The molecule has 4 nitrogen and oxygen atoms in total. The molecule has 0 unspecified atom stereocenters. The molecule has 1 aliphatic carbocycles. The lowest BCUT2D eigenvalue weighted by Gasteiger charge is -2.28. The molecule has 1 aliphatic rings. The number of hydrogen-bond donors (Lipinski definition) is 0. The summed E-state index contributed by atoms with van der Waals surface area (Å²) in [5.74, 6) is 2.81. The molecule has 2 aromatic rings. The Hall–Kier alpha value is -1.62. The summed E-state index contributed by atoms with van der Waals surface area (Å²) in [6.45, 7) is 6.06. The van der Waals surface area contributed by atoms with E-state index in [9.17, 15) is 0 Å². The molecule has 0 amide bonds. The van der Waals surface area contributed by atoms with Gasteiger partial charge in [0.1, 0.15) is 5.75 Å². The number of ether oxygens (including phenoxy) is 2. The summed E-state index contributed by atoms with van der Waals surface area (Å²) in [4.78, 5) is 0. The maximum absolute atomic E-state index is 5.92. The van der Waals surface area contributed by atoms with Crippen LogP contribution >= 0.6 is 11.3 Å². The van der Waals surface area contributed by atoms with E-state index in [1.807, 2.05) is 12.1 Å². The van der Waals surface area contributed by atoms with Gasteiger partial charge in [-0.05, 0) is 55.4 Å². The number of benzene rings is 1. The zero-order chi connectivity index (χ0) is 23.1. The van der Waals surface area contributed by atoms with Crippen molar-refractivity contribution in [1.29, 1.82) is 0 Å². The van der Waals surface area contributed by atoms with E-state index in [0.717, 1.165) is 54.2 Å². The van der Waals surface area contributed by atoms with E-state index in [1.54, 1.807) is 0 Å². The monoisotopic (exact) mass is 472 g/mol. The summed E-state index contributed by atoms with van der Waals surface area (Å²) < 4.78 is 11.7.